The van der Waals surface area contributed by atoms with Crippen LogP contribution in [0.2, 0.25) is 17.3 Å². The number of furan rings is 1. The van der Waals surface area contributed by atoms with E-state index in [1.54, 1.807) is 6.07 Å². The van der Waals surface area contributed by atoms with Gasteiger partial charge in [0.2, 0.25) is 0 Å². The zero-order valence-corrected chi connectivity index (χ0v) is 41.5. The number of para-hydroxylation sites is 2. The van der Waals surface area contributed by atoms with Gasteiger partial charge in [-0.05, 0) is 75.5 Å². The number of nitrogens with zero attached hydrogens (tertiary/aromatic N) is 3. The molecule has 10 rings (SSSR count). The Bertz CT molecular complexity index is 3280. The average molecular weight is 1080 g/mol. The van der Waals surface area contributed by atoms with E-state index in [1.165, 1.54) is 16.5 Å². The third kappa shape index (κ3) is 8.92. The number of imidazole rings is 1. The minimum Gasteiger partial charge on any atom is 0 e. The number of aromatic nitrogens is 3. The summed E-state index contributed by atoms with van der Waals surface area (Å²) in [4.78, 5) is 9.66. The van der Waals surface area contributed by atoms with E-state index in [-0.39, 0.29) is 25.9 Å². The fourth-order valence-electron chi connectivity index (χ4n) is 8.13. The molecular weight excluding hydrogens is 1030 g/mol. The van der Waals surface area contributed by atoms with Gasteiger partial charge in [-0.1, -0.05) is 124 Å². The number of pyridine rings is 1. The second-order valence-corrected chi connectivity index (χ2v) is 28.1. The summed E-state index contributed by atoms with van der Waals surface area (Å²) < 4.78 is 41.9. The zero-order chi connectivity index (χ0) is 45.7. The third-order valence-electron chi connectivity index (χ3n) is 11.5. The number of rotatable bonds is 8. The van der Waals surface area contributed by atoms with Gasteiger partial charge in [-0.15, -0.1) is 18.2 Å². The molecule has 0 saturated heterocycles. The van der Waals surface area contributed by atoms with Crippen LogP contribution in [-0.4, -0.2) is 27.8 Å². The molecule has 321 valence electrons. The van der Waals surface area contributed by atoms with Gasteiger partial charge in [0, 0.05) is 33.9 Å². The van der Waals surface area contributed by atoms with Gasteiger partial charge >= 0.3 is 104 Å². The van der Waals surface area contributed by atoms with Gasteiger partial charge in [0.1, 0.15) is 5.58 Å². The summed E-state index contributed by atoms with van der Waals surface area (Å²) in [5.74, 6) is 5.40. The van der Waals surface area contributed by atoms with Crippen molar-refractivity contribution < 1.29 is 31.7 Å². The molecule has 0 aliphatic carbocycles. The minimum atomic E-state index is -1.79. The quantitative estimate of drug-likeness (QED) is 0.112. The molecule has 4 nitrogen and oxygen atoms in total. The van der Waals surface area contributed by atoms with Crippen LogP contribution in [-0.2, 0) is 20.1 Å². The zero-order valence-electron chi connectivity index (χ0n) is 39.0. The number of hydrogen-bond donors (Lipinski definition) is 0. The van der Waals surface area contributed by atoms with Crippen LogP contribution in [0.25, 0.3) is 83.6 Å². The van der Waals surface area contributed by atoms with Gasteiger partial charge in [-0.3, -0.25) is 4.98 Å². The molecule has 0 saturated carbocycles. The Morgan fingerprint density at radius 2 is 1.33 bits per heavy atom. The fourth-order valence-corrected chi connectivity index (χ4v) is 10.3. The fraction of sp³-hybridized carbons (Fsp3) is 0.158. The molecule has 0 amide bonds. The first-order valence-corrected chi connectivity index (χ1v) is 28.7. The molecule has 7 aromatic carbocycles. The van der Waals surface area contributed by atoms with Crippen molar-refractivity contribution in [1.29, 1.82) is 0 Å². The van der Waals surface area contributed by atoms with Crippen LogP contribution in [0.5, 0.6) is 0 Å². The number of benzene rings is 7. The summed E-state index contributed by atoms with van der Waals surface area (Å²) in [5.41, 5.74) is 12.3. The topological polar surface area (TPSA) is 43.9 Å². The molecule has 0 bridgehead atoms. The molecule has 1 radical (unpaired) electrons. The van der Waals surface area contributed by atoms with Crippen molar-refractivity contribution in [3.05, 3.63) is 193 Å². The van der Waals surface area contributed by atoms with Crippen LogP contribution in [0.1, 0.15) is 53.4 Å². The summed E-state index contributed by atoms with van der Waals surface area (Å²) >= 11 is -1.79. The maximum Gasteiger partial charge on any atom is 0 e. The molecule has 0 spiro atoms. The Morgan fingerprint density at radius 1 is 0.672 bits per heavy atom. The van der Waals surface area contributed by atoms with E-state index in [1.807, 2.05) is 107 Å². The molecule has 0 atom stereocenters. The molecule has 0 N–H and O–H groups in total. The predicted octanol–water partition coefficient (Wildman–Crippen LogP) is 15.2. The molecule has 0 fully saturated rings. The molecule has 0 aliphatic heterocycles. The van der Waals surface area contributed by atoms with E-state index < -0.39 is 25.1 Å². The number of halogens is 1. The van der Waals surface area contributed by atoms with Gasteiger partial charge in [0.25, 0.3) is 0 Å². The molecule has 7 heteroatoms. The van der Waals surface area contributed by atoms with Crippen LogP contribution >= 0.6 is 0 Å². The Kier molecular flexibility index (Phi) is 12.3. The van der Waals surface area contributed by atoms with Crippen molar-refractivity contribution in [2.75, 3.05) is 0 Å². The maximum absolute atomic E-state index is 12.8. The summed E-state index contributed by atoms with van der Waals surface area (Å²) in [6, 6.07) is 58.1. The molecule has 3 heterocycles. The van der Waals surface area contributed by atoms with Gasteiger partial charge in [0.05, 0.1) is 22.4 Å². The second-order valence-electron chi connectivity index (χ2n) is 17.4. The van der Waals surface area contributed by atoms with E-state index in [0.717, 1.165) is 83.3 Å². The third-order valence-corrected chi connectivity index (χ3v) is 15.8. The number of hydrogen-bond acceptors (Lipinski definition) is 3. The molecule has 0 aliphatic rings. The summed E-state index contributed by atoms with van der Waals surface area (Å²) in [5, 5.41) is 2.01. The van der Waals surface area contributed by atoms with Gasteiger partial charge in [-0.2, -0.15) is 0 Å². The van der Waals surface area contributed by atoms with Crippen LogP contribution in [0.4, 0.5) is 4.39 Å². The first-order chi connectivity index (χ1) is 31.0. The van der Waals surface area contributed by atoms with Crippen molar-refractivity contribution in [2.45, 2.75) is 56.8 Å². The van der Waals surface area contributed by atoms with E-state index in [2.05, 4.69) is 106 Å². The summed E-state index contributed by atoms with van der Waals surface area (Å²) in [6.07, 6.45) is 1.95. The minimum absolute atomic E-state index is 0. The van der Waals surface area contributed by atoms with Crippen molar-refractivity contribution in [2.24, 2.45) is 0 Å². The average Bonchev–Trinajstić information content (AvgIpc) is 3.87. The Morgan fingerprint density at radius 3 is 1.94 bits per heavy atom. The first-order valence-electron chi connectivity index (χ1n) is 22.3. The van der Waals surface area contributed by atoms with Gasteiger partial charge in [-0.25, -0.2) is 0 Å². The standard InChI is InChI=1S/C43H35N2O.C14H15FGeN.Ir/c1-27(2)36-24-32(30-16-9-6-10-17-30)25-37(28(3)4)41(36)45-39-21-12-11-20-38(39)44-43(45)35-19-13-18-34-33-23-22-31(26-40(33)46-42(34)35)29-14-7-5-8-15-29;1-16(2,3)13-8-9-14(17-10-13)11-4-6-12(15)7-5-11;/h5-18,20-28H,1-4H3;4,6-10H,1-3H3;/q2*-1;/i27D,28D;;. The Labute approximate surface area is 394 Å². The van der Waals surface area contributed by atoms with Gasteiger partial charge < -0.3 is 8.98 Å². The maximum atomic E-state index is 12.8. The molecule has 64 heavy (non-hydrogen) atoms. The Balaban J connectivity index is 0.000000278. The monoisotopic (exact) mass is 1080 g/mol. The van der Waals surface area contributed by atoms with Crippen LogP contribution in [0.15, 0.2) is 168 Å². The van der Waals surface area contributed by atoms with Crippen molar-refractivity contribution >= 4 is 50.6 Å². The van der Waals surface area contributed by atoms with E-state index >= 15 is 0 Å². The second kappa shape index (κ2) is 18.7. The number of fused-ring (bicyclic) bond motifs is 4. The molecule has 0 unspecified atom stereocenters. The van der Waals surface area contributed by atoms with E-state index in [0.29, 0.717) is 11.4 Å². The molecule has 3 aromatic heterocycles. The van der Waals surface area contributed by atoms with Gasteiger partial charge in [0.15, 0.2) is 0 Å². The van der Waals surface area contributed by atoms with Crippen molar-refractivity contribution in [1.82, 2.24) is 14.5 Å². The van der Waals surface area contributed by atoms with Crippen LogP contribution in [0, 0.1) is 17.9 Å². The summed E-state index contributed by atoms with van der Waals surface area (Å²) in [7, 11) is 0. The summed E-state index contributed by atoms with van der Waals surface area (Å²) in [6.45, 7) is 7.65. The van der Waals surface area contributed by atoms with E-state index in [4.69, 9.17) is 9.40 Å². The van der Waals surface area contributed by atoms with Crippen LogP contribution in [0.3, 0.4) is 0 Å². The first kappa shape index (κ1) is 42.1. The predicted molar refractivity (Wildman–Crippen MR) is 263 cm³/mol. The van der Waals surface area contributed by atoms with Crippen LogP contribution < -0.4 is 4.40 Å². The molecule has 10 aromatic rings. The SMILES string of the molecule is [2H]C(C)(C)c1cc(-c2ccccc2)cc(C([2H])(C)C)c1-n1c(-c2[c-]ccc3c2oc2cc(-c4ccccc4)ccc23)nc2ccccc21.[CH3][Ge]([CH3])([CH3])[c]1ccc(-c2[c-]cc(F)cc2)nc1.[Ir]. The normalized spacial score (nSPS) is 12.4. The smallest absolute Gasteiger partial charge is 0 e. The van der Waals surface area contributed by atoms with Crippen molar-refractivity contribution in [3.8, 4) is 50.6 Å². The van der Waals surface area contributed by atoms with E-state index in [9.17, 15) is 7.13 Å². The van der Waals surface area contributed by atoms with Crippen molar-refractivity contribution in [3.63, 3.8) is 0 Å². The largest absolute Gasteiger partial charge is 0 e. The molecular formula is C57H50FGeIrN3O-2. The Hall–Kier alpha value is -5.92.